The van der Waals surface area contributed by atoms with Gasteiger partial charge in [-0.15, -0.1) is 0 Å². The summed E-state index contributed by atoms with van der Waals surface area (Å²) in [6.07, 6.45) is -7.17. The summed E-state index contributed by atoms with van der Waals surface area (Å²) in [5, 5.41) is 40.5. The number of benzene rings is 2. The molecule has 1 saturated heterocycles. The fraction of sp³-hybridized carbons (Fsp3) is 0.478. The van der Waals surface area contributed by atoms with Crippen LogP contribution in [-0.2, 0) is 11.2 Å². The quantitative estimate of drug-likeness (QED) is 0.563. The molecule has 0 bridgehead atoms. The van der Waals surface area contributed by atoms with Crippen molar-refractivity contribution in [3.63, 3.8) is 0 Å². The van der Waals surface area contributed by atoms with Crippen LogP contribution in [0.1, 0.15) is 29.2 Å². The number of aryl methyl sites for hydroxylation is 2. The van der Waals surface area contributed by atoms with E-state index < -0.39 is 36.8 Å². The third-order valence-electron chi connectivity index (χ3n) is 5.44. The Morgan fingerprint density at radius 3 is 2.27 bits per heavy atom. The number of methoxy groups -OCH3 is 1. The fourth-order valence-corrected chi connectivity index (χ4v) is 3.73. The fourth-order valence-electron chi connectivity index (χ4n) is 3.73. The molecule has 6 atom stereocenters. The van der Waals surface area contributed by atoms with Crippen LogP contribution in [0.25, 0.3) is 0 Å². The molecule has 3 rings (SSSR count). The lowest BCUT2D eigenvalue weighted by molar-refractivity contribution is -0.286. The van der Waals surface area contributed by atoms with E-state index in [0.717, 1.165) is 28.0 Å². The number of ether oxygens (including phenoxy) is 3. The summed E-state index contributed by atoms with van der Waals surface area (Å²) in [4.78, 5) is 0. The summed E-state index contributed by atoms with van der Waals surface area (Å²) in [6, 6.07) is 11.6. The highest BCUT2D eigenvalue weighted by Gasteiger charge is 2.46. The van der Waals surface area contributed by atoms with Gasteiger partial charge in [-0.25, -0.2) is 0 Å². The van der Waals surface area contributed by atoms with Crippen molar-refractivity contribution in [2.75, 3.05) is 7.11 Å². The second-order valence-corrected chi connectivity index (χ2v) is 7.88. The minimum absolute atomic E-state index is 0.514. The number of aliphatic hydroxyl groups excluding tert-OH is 4. The van der Waals surface area contributed by atoms with Crippen LogP contribution in [0.5, 0.6) is 11.5 Å². The lowest BCUT2D eigenvalue weighted by Crippen LogP contribution is -2.61. The van der Waals surface area contributed by atoms with E-state index in [0.29, 0.717) is 12.2 Å². The zero-order valence-electron chi connectivity index (χ0n) is 17.6. The Morgan fingerprint density at radius 2 is 1.67 bits per heavy atom. The Balaban J connectivity index is 1.89. The molecule has 1 aliphatic heterocycles. The SMILES string of the molecule is COc1ccc(Cc2c(C)cc(C)cc2O[C@@H]2O[C@H]([C@@H](C)O)[C@@H](O)[C@H](O)[C@H]2O)cc1. The summed E-state index contributed by atoms with van der Waals surface area (Å²) >= 11 is 0. The molecule has 30 heavy (non-hydrogen) atoms. The molecule has 0 amide bonds. The van der Waals surface area contributed by atoms with Crippen LogP contribution in [0.15, 0.2) is 36.4 Å². The molecule has 0 spiro atoms. The van der Waals surface area contributed by atoms with Crippen LogP contribution in [0.4, 0.5) is 0 Å². The first-order valence-corrected chi connectivity index (χ1v) is 9.98. The van der Waals surface area contributed by atoms with Crippen LogP contribution in [0.2, 0.25) is 0 Å². The van der Waals surface area contributed by atoms with E-state index >= 15 is 0 Å². The molecule has 1 fully saturated rings. The van der Waals surface area contributed by atoms with E-state index in [9.17, 15) is 20.4 Å². The molecule has 0 aliphatic carbocycles. The van der Waals surface area contributed by atoms with Crippen LogP contribution in [0.3, 0.4) is 0 Å². The van der Waals surface area contributed by atoms with Gasteiger partial charge in [0.1, 0.15) is 35.9 Å². The molecule has 1 heterocycles. The summed E-state index contributed by atoms with van der Waals surface area (Å²) in [5.74, 6) is 1.28. The maximum absolute atomic E-state index is 10.4. The van der Waals surface area contributed by atoms with Gasteiger partial charge in [-0.05, 0) is 55.7 Å². The third kappa shape index (κ3) is 4.77. The van der Waals surface area contributed by atoms with Crippen LogP contribution in [-0.4, -0.2) is 64.3 Å². The first kappa shape index (κ1) is 22.5. The minimum atomic E-state index is -1.50. The average Bonchev–Trinajstić information content (AvgIpc) is 2.71. The lowest BCUT2D eigenvalue weighted by Gasteiger charge is -2.41. The maximum atomic E-state index is 10.4. The van der Waals surface area contributed by atoms with Crippen LogP contribution in [0, 0.1) is 13.8 Å². The van der Waals surface area contributed by atoms with Gasteiger partial charge in [-0.3, -0.25) is 0 Å². The molecule has 0 aromatic heterocycles. The van der Waals surface area contributed by atoms with Gasteiger partial charge < -0.3 is 34.6 Å². The van der Waals surface area contributed by atoms with E-state index in [1.165, 1.54) is 6.92 Å². The molecule has 0 radical (unpaired) electrons. The Bertz CT molecular complexity index is 849. The van der Waals surface area contributed by atoms with Gasteiger partial charge in [0.25, 0.3) is 0 Å². The zero-order valence-corrected chi connectivity index (χ0v) is 17.6. The van der Waals surface area contributed by atoms with Crippen molar-refractivity contribution in [1.29, 1.82) is 0 Å². The van der Waals surface area contributed by atoms with Crippen molar-refractivity contribution in [2.24, 2.45) is 0 Å². The van der Waals surface area contributed by atoms with Gasteiger partial charge in [0.15, 0.2) is 0 Å². The van der Waals surface area contributed by atoms with E-state index in [4.69, 9.17) is 14.2 Å². The predicted molar refractivity (Wildman–Crippen MR) is 111 cm³/mol. The number of hydrogen-bond donors (Lipinski definition) is 4. The van der Waals surface area contributed by atoms with Crippen molar-refractivity contribution in [1.82, 2.24) is 0 Å². The Hall–Kier alpha value is -2.16. The normalized spacial score (nSPS) is 27.5. The molecule has 2 aromatic rings. The summed E-state index contributed by atoms with van der Waals surface area (Å²) in [5.41, 5.74) is 3.95. The first-order chi connectivity index (χ1) is 14.2. The molecule has 0 unspecified atom stereocenters. The van der Waals surface area contributed by atoms with E-state index in [2.05, 4.69) is 0 Å². The summed E-state index contributed by atoms with van der Waals surface area (Å²) in [7, 11) is 1.62. The second kappa shape index (κ2) is 9.32. The Kier molecular flexibility index (Phi) is 7.00. The smallest absolute Gasteiger partial charge is 0.229 e. The van der Waals surface area contributed by atoms with Crippen molar-refractivity contribution in [2.45, 2.75) is 64.0 Å². The van der Waals surface area contributed by atoms with E-state index in [1.54, 1.807) is 7.11 Å². The van der Waals surface area contributed by atoms with Gasteiger partial charge >= 0.3 is 0 Å². The van der Waals surface area contributed by atoms with Crippen molar-refractivity contribution in [3.05, 3.63) is 58.7 Å². The van der Waals surface area contributed by atoms with Gasteiger partial charge in [-0.2, -0.15) is 0 Å². The number of rotatable bonds is 6. The van der Waals surface area contributed by atoms with Crippen molar-refractivity contribution in [3.8, 4) is 11.5 Å². The van der Waals surface area contributed by atoms with E-state index in [-0.39, 0.29) is 0 Å². The molecular weight excluding hydrogens is 388 g/mol. The molecule has 164 valence electrons. The van der Waals surface area contributed by atoms with E-state index in [1.807, 2.05) is 50.2 Å². The number of aliphatic hydroxyl groups is 4. The molecule has 4 N–H and O–H groups in total. The monoisotopic (exact) mass is 418 g/mol. The van der Waals surface area contributed by atoms with Crippen LogP contribution < -0.4 is 9.47 Å². The molecule has 0 saturated carbocycles. The zero-order chi connectivity index (χ0) is 22.0. The molecular formula is C23H30O7. The topological polar surface area (TPSA) is 109 Å². The highest BCUT2D eigenvalue weighted by Crippen LogP contribution is 2.32. The van der Waals surface area contributed by atoms with Crippen molar-refractivity contribution >= 4 is 0 Å². The minimum Gasteiger partial charge on any atom is -0.497 e. The largest absolute Gasteiger partial charge is 0.497 e. The first-order valence-electron chi connectivity index (χ1n) is 9.98. The number of hydrogen-bond acceptors (Lipinski definition) is 7. The predicted octanol–water partition coefficient (Wildman–Crippen LogP) is 1.47. The second-order valence-electron chi connectivity index (χ2n) is 7.88. The van der Waals surface area contributed by atoms with Crippen molar-refractivity contribution < 1.29 is 34.6 Å². The van der Waals surface area contributed by atoms with Gasteiger partial charge in [0.2, 0.25) is 6.29 Å². The molecule has 7 heteroatoms. The Labute approximate surface area is 176 Å². The standard InChI is InChI=1S/C23H30O7/c1-12-9-13(2)17(11-15-5-7-16(28-4)8-6-15)18(10-12)29-23-21(27)19(25)20(26)22(30-23)14(3)24/h5-10,14,19-27H,11H2,1-4H3/t14-,19+,20+,21-,22-,23-/m1/s1. The lowest BCUT2D eigenvalue weighted by atomic mass is 9.95. The molecule has 2 aromatic carbocycles. The Morgan fingerprint density at radius 1 is 1.00 bits per heavy atom. The highest BCUT2D eigenvalue weighted by molar-refractivity contribution is 5.46. The summed E-state index contributed by atoms with van der Waals surface area (Å²) < 4.78 is 16.8. The maximum Gasteiger partial charge on any atom is 0.229 e. The molecule has 7 nitrogen and oxygen atoms in total. The van der Waals surface area contributed by atoms with Crippen LogP contribution >= 0.6 is 0 Å². The third-order valence-corrected chi connectivity index (χ3v) is 5.44. The molecule has 1 aliphatic rings. The van der Waals surface area contributed by atoms with Gasteiger partial charge in [-0.1, -0.05) is 18.2 Å². The van der Waals surface area contributed by atoms with Gasteiger partial charge in [0, 0.05) is 12.0 Å². The average molecular weight is 418 g/mol. The summed E-state index contributed by atoms with van der Waals surface area (Å²) in [6.45, 7) is 5.36. The highest BCUT2D eigenvalue weighted by atomic mass is 16.7. The van der Waals surface area contributed by atoms with Gasteiger partial charge in [0.05, 0.1) is 13.2 Å².